The SMILES string of the molecule is CC(C)(C)CC(O)CNCc1c(F)cc(C#N)cc1F. The molecule has 1 aromatic rings. The lowest BCUT2D eigenvalue weighted by atomic mass is 9.89. The van der Waals surface area contributed by atoms with E-state index in [1.807, 2.05) is 20.8 Å². The first-order chi connectivity index (χ1) is 9.23. The quantitative estimate of drug-likeness (QED) is 0.873. The highest BCUT2D eigenvalue weighted by molar-refractivity contribution is 5.34. The number of hydrogen-bond acceptors (Lipinski definition) is 3. The molecule has 0 aliphatic heterocycles. The third-order valence-electron chi connectivity index (χ3n) is 2.80. The van der Waals surface area contributed by atoms with Gasteiger partial charge in [0.1, 0.15) is 11.6 Å². The van der Waals surface area contributed by atoms with Gasteiger partial charge in [-0.3, -0.25) is 0 Å². The standard InChI is InChI=1S/C15H20F2N2O/c1-15(2,3)6-11(20)8-19-9-12-13(16)4-10(7-18)5-14(12)17/h4-5,11,19-20H,6,8-9H2,1-3H3. The molecule has 1 unspecified atom stereocenters. The van der Waals surface area contributed by atoms with Crippen molar-refractivity contribution in [2.24, 2.45) is 5.41 Å². The second-order valence-corrected chi connectivity index (χ2v) is 6.08. The molecule has 0 fully saturated rings. The monoisotopic (exact) mass is 282 g/mol. The molecule has 0 saturated carbocycles. The van der Waals surface area contributed by atoms with E-state index in [4.69, 9.17) is 5.26 Å². The Balaban J connectivity index is 2.57. The Labute approximate surface area is 118 Å². The summed E-state index contributed by atoms with van der Waals surface area (Å²) in [5, 5.41) is 21.2. The average molecular weight is 282 g/mol. The Morgan fingerprint density at radius 3 is 2.30 bits per heavy atom. The van der Waals surface area contributed by atoms with Crippen molar-refractivity contribution in [3.8, 4) is 6.07 Å². The van der Waals surface area contributed by atoms with Crippen LogP contribution in [0.3, 0.4) is 0 Å². The van der Waals surface area contributed by atoms with Gasteiger partial charge < -0.3 is 10.4 Å². The minimum Gasteiger partial charge on any atom is -0.392 e. The zero-order valence-electron chi connectivity index (χ0n) is 12.0. The Hall–Kier alpha value is -1.51. The fourth-order valence-corrected chi connectivity index (χ4v) is 1.98. The molecule has 3 nitrogen and oxygen atoms in total. The van der Waals surface area contributed by atoms with Crippen molar-refractivity contribution in [2.45, 2.75) is 39.8 Å². The number of rotatable bonds is 5. The molecule has 0 bridgehead atoms. The van der Waals surface area contributed by atoms with Crippen LogP contribution in [-0.2, 0) is 6.54 Å². The topological polar surface area (TPSA) is 56.0 Å². The third kappa shape index (κ3) is 5.24. The lowest BCUT2D eigenvalue weighted by molar-refractivity contribution is 0.119. The second kappa shape index (κ2) is 6.78. The van der Waals surface area contributed by atoms with Gasteiger partial charge in [-0.15, -0.1) is 0 Å². The molecule has 20 heavy (non-hydrogen) atoms. The first-order valence-corrected chi connectivity index (χ1v) is 6.50. The van der Waals surface area contributed by atoms with Gasteiger partial charge in [-0.2, -0.15) is 5.26 Å². The molecule has 0 aromatic heterocycles. The summed E-state index contributed by atoms with van der Waals surface area (Å²) in [7, 11) is 0. The molecular formula is C15H20F2N2O. The van der Waals surface area contributed by atoms with Crippen molar-refractivity contribution < 1.29 is 13.9 Å². The molecule has 0 saturated heterocycles. The summed E-state index contributed by atoms with van der Waals surface area (Å²) in [6, 6.07) is 3.71. The Morgan fingerprint density at radius 2 is 1.85 bits per heavy atom. The number of nitrogens with one attached hydrogen (secondary N) is 1. The fourth-order valence-electron chi connectivity index (χ4n) is 1.98. The summed E-state index contributed by atoms with van der Waals surface area (Å²) in [5.74, 6) is -1.50. The number of hydrogen-bond donors (Lipinski definition) is 2. The van der Waals surface area contributed by atoms with Crippen molar-refractivity contribution in [1.82, 2.24) is 5.32 Å². The van der Waals surface area contributed by atoms with Crippen LogP contribution >= 0.6 is 0 Å². The highest BCUT2D eigenvalue weighted by Crippen LogP contribution is 2.20. The molecule has 1 atom stereocenters. The highest BCUT2D eigenvalue weighted by atomic mass is 19.1. The van der Waals surface area contributed by atoms with E-state index in [1.54, 1.807) is 6.07 Å². The van der Waals surface area contributed by atoms with Gasteiger partial charge in [0.05, 0.1) is 17.7 Å². The van der Waals surface area contributed by atoms with Gasteiger partial charge in [0.25, 0.3) is 0 Å². The smallest absolute Gasteiger partial charge is 0.131 e. The lowest BCUT2D eigenvalue weighted by Gasteiger charge is -2.22. The summed E-state index contributed by atoms with van der Waals surface area (Å²) in [5.41, 5.74) is -0.171. The van der Waals surface area contributed by atoms with Gasteiger partial charge in [0.15, 0.2) is 0 Å². The fraction of sp³-hybridized carbons (Fsp3) is 0.533. The van der Waals surface area contributed by atoms with Crippen LogP contribution in [0.15, 0.2) is 12.1 Å². The zero-order valence-corrected chi connectivity index (χ0v) is 12.0. The molecule has 0 radical (unpaired) electrons. The third-order valence-corrected chi connectivity index (χ3v) is 2.80. The Bertz CT molecular complexity index is 481. The van der Waals surface area contributed by atoms with Crippen LogP contribution in [0.2, 0.25) is 0 Å². The summed E-state index contributed by atoms with van der Waals surface area (Å²) < 4.78 is 27.2. The lowest BCUT2D eigenvalue weighted by Crippen LogP contribution is -2.30. The van der Waals surface area contributed by atoms with Crippen LogP contribution in [0.25, 0.3) is 0 Å². The minimum absolute atomic E-state index is 0.00790. The van der Waals surface area contributed by atoms with E-state index < -0.39 is 17.7 Å². The zero-order chi connectivity index (χ0) is 15.3. The van der Waals surface area contributed by atoms with Crippen molar-refractivity contribution in [3.63, 3.8) is 0 Å². The van der Waals surface area contributed by atoms with E-state index in [1.165, 1.54) is 0 Å². The number of halogens is 2. The first-order valence-electron chi connectivity index (χ1n) is 6.50. The molecule has 0 aliphatic carbocycles. The van der Waals surface area contributed by atoms with Gasteiger partial charge >= 0.3 is 0 Å². The molecular weight excluding hydrogens is 262 g/mol. The van der Waals surface area contributed by atoms with E-state index in [9.17, 15) is 13.9 Å². The maximum Gasteiger partial charge on any atom is 0.131 e. The van der Waals surface area contributed by atoms with Crippen molar-refractivity contribution in [3.05, 3.63) is 34.9 Å². The van der Waals surface area contributed by atoms with Crippen LogP contribution in [0.1, 0.15) is 38.3 Å². The molecule has 0 aliphatic rings. The minimum atomic E-state index is -0.751. The van der Waals surface area contributed by atoms with Crippen LogP contribution in [0, 0.1) is 28.4 Å². The molecule has 1 aromatic carbocycles. The summed E-state index contributed by atoms with van der Waals surface area (Å²) >= 11 is 0. The summed E-state index contributed by atoms with van der Waals surface area (Å²) in [4.78, 5) is 0. The maximum absolute atomic E-state index is 13.6. The van der Waals surface area contributed by atoms with E-state index in [0.717, 1.165) is 12.1 Å². The van der Waals surface area contributed by atoms with E-state index in [0.29, 0.717) is 6.42 Å². The number of benzene rings is 1. The van der Waals surface area contributed by atoms with Crippen molar-refractivity contribution in [1.29, 1.82) is 5.26 Å². The molecule has 2 N–H and O–H groups in total. The van der Waals surface area contributed by atoms with Crippen LogP contribution in [0.4, 0.5) is 8.78 Å². The van der Waals surface area contributed by atoms with Crippen LogP contribution in [-0.4, -0.2) is 17.8 Å². The van der Waals surface area contributed by atoms with Crippen molar-refractivity contribution >= 4 is 0 Å². The number of nitriles is 1. The number of nitrogens with zero attached hydrogens (tertiary/aromatic N) is 1. The highest BCUT2D eigenvalue weighted by Gasteiger charge is 2.17. The van der Waals surface area contributed by atoms with E-state index >= 15 is 0 Å². The normalized spacial score (nSPS) is 13.1. The van der Waals surface area contributed by atoms with Gasteiger partial charge in [-0.25, -0.2) is 8.78 Å². The van der Waals surface area contributed by atoms with Crippen molar-refractivity contribution in [2.75, 3.05) is 6.54 Å². The number of aliphatic hydroxyl groups is 1. The summed E-state index contributed by atoms with van der Waals surface area (Å²) in [6.07, 6.45) is 0.0257. The predicted molar refractivity (Wildman–Crippen MR) is 72.9 cm³/mol. The van der Waals surface area contributed by atoms with Gasteiger partial charge in [0.2, 0.25) is 0 Å². The van der Waals surface area contributed by atoms with Gasteiger partial charge in [-0.1, -0.05) is 20.8 Å². The van der Waals surface area contributed by atoms with Gasteiger partial charge in [-0.05, 0) is 24.0 Å². The van der Waals surface area contributed by atoms with Crippen LogP contribution < -0.4 is 5.32 Å². The second-order valence-electron chi connectivity index (χ2n) is 6.08. The molecule has 5 heteroatoms. The average Bonchev–Trinajstić information content (AvgIpc) is 2.30. The maximum atomic E-state index is 13.6. The first kappa shape index (κ1) is 16.5. The molecule has 0 amide bonds. The Morgan fingerprint density at radius 1 is 1.30 bits per heavy atom. The van der Waals surface area contributed by atoms with Crippen LogP contribution in [0.5, 0.6) is 0 Å². The summed E-state index contributed by atoms with van der Waals surface area (Å²) in [6.45, 7) is 6.27. The number of aliphatic hydroxyl groups excluding tert-OH is 1. The molecule has 0 heterocycles. The van der Waals surface area contributed by atoms with E-state index in [2.05, 4.69) is 5.32 Å². The predicted octanol–water partition coefficient (Wildman–Crippen LogP) is 2.72. The van der Waals surface area contributed by atoms with Gasteiger partial charge in [0, 0.05) is 18.7 Å². The molecule has 0 spiro atoms. The molecule has 110 valence electrons. The van der Waals surface area contributed by atoms with E-state index in [-0.39, 0.29) is 29.6 Å². The largest absolute Gasteiger partial charge is 0.392 e. The Kier molecular flexibility index (Phi) is 5.61. The molecule has 1 rings (SSSR count).